The number of benzene rings is 1. The molecule has 0 bridgehead atoms. The van der Waals surface area contributed by atoms with Crippen molar-refractivity contribution in [3.8, 4) is 0 Å². The minimum Gasteiger partial charge on any atom is -0.325 e. The Kier molecular flexibility index (Phi) is 7.68. The monoisotopic (exact) mass is 413 g/mol. The van der Waals surface area contributed by atoms with Gasteiger partial charge in [0.15, 0.2) is 5.16 Å². The zero-order valence-corrected chi connectivity index (χ0v) is 16.4. The van der Waals surface area contributed by atoms with Crippen molar-refractivity contribution in [3.05, 3.63) is 51.9 Å². The minimum absolute atomic E-state index is 0.282. The van der Waals surface area contributed by atoms with E-state index in [0.717, 1.165) is 30.7 Å². The fourth-order valence-electron chi connectivity index (χ4n) is 2.53. The van der Waals surface area contributed by atoms with Crippen LogP contribution in [0.5, 0.6) is 0 Å². The first-order valence-corrected chi connectivity index (χ1v) is 9.86. The third-order valence-corrected chi connectivity index (χ3v) is 5.22. The SMILES string of the molecule is CCCCc1cc(=O)[nH]c(SC(CC)C(=O)Nc2ccccc2C(F)(F)F)n1. The molecule has 1 amide bonds. The molecule has 1 unspecified atom stereocenters. The van der Waals surface area contributed by atoms with Gasteiger partial charge in [0.2, 0.25) is 5.91 Å². The molecule has 2 rings (SSSR count). The molecule has 1 aromatic heterocycles. The lowest BCUT2D eigenvalue weighted by Gasteiger charge is -2.17. The number of thioether (sulfide) groups is 1. The Bertz CT molecular complexity index is 868. The Hall–Kier alpha value is -2.29. The van der Waals surface area contributed by atoms with Crippen LogP contribution in [0, 0.1) is 0 Å². The lowest BCUT2D eigenvalue weighted by atomic mass is 10.1. The van der Waals surface area contributed by atoms with Crippen molar-refractivity contribution in [2.45, 2.75) is 56.1 Å². The van der Waals surface area contributed by atoms with Gasteiger partial charge < -0.3 is 10.3 Å². The van der Waals surface area contributed by atoms with Crippen LogP contribution in [0.15, 0.2) is 40.3 Å². The third-order valence-electron chi connectivity index (χ3n) is 3.97. The van der Waals surface area contributed by atoms with Crippen molar-refractivity contribution in [2.75, 3.05) is 5.32 Å². The summed E-state index contributed by atoms with van der Waals surface area (Å²) in [5, 5.41) is 1.93. The Morgan fingerprint density at radius 3 is 2.64 bits per heavy atom. The molecule has 0 radical (unpaired) electrons. The first-order chi connectivity index (χ1) is 13.2. The van der Waals surface area contributed by atoms with E-state index in [9.17, 15) is 22.8 Å². The number of hydrogen-bond donors (Lipinski definition) is 2. The van der Waals surface area contributed by atoms with Crippen LogP contribution >= 0.6 is 11.8 Å². The summed E-state index contributed by atoms with van der Waals surface area (Å²) in [6.45, 7) is 3.77. The summed E-state index contributed by atoms with van der Waals surface area (Å²) in [6, 6.07) is 6.24. The van der Waals surface area contributed by atoms with Gasteiger partial charge in [-0.1, -0.05) is 44.2 Å². The second-order valence-corrected chi connectivity index (χ2v) is 7.38. The summed E-state index contributed by atoms with van der Waals surface area (Å²) in [6.07, 6.45) is -1.73. The van der Waals surface area contributed by atoms with Gasteiger partial charge >= 0.3 is 6.18 Å². The summed E-state index contributed by atoms with van der Waals surface area (Å²) < 4.78 is 39.3. The highest BCUT2D eigenvalue weighted by molar-refractivity contribution is 8.00. The van der Waals surface area contributed by atoms with Crippen LogP contribution in [0.25, 0.3) is 0 Å². The molecule has 0 aliphatic carbocycles. The molecular formula is C19H22F3N3O2S. The smallest absolute Gasteiger partial charge is 0.325 e. The highest BCUT2D eigenvalue weighted by atomic mass is 32.2. The number of rotatable bonds is 8. The number of H-pyrrole nitrogens is 1. The Balaban J connectivity index is 2.17. The van der Waals surface area contributed by atoms with E-state index < -0.39 is 22.9 Å². The Labute approximate surface area is 165 Å². The highest BCUT2D eigenvalue weighted by Gasteiger charge is 2.34. The van der Waals surface area contributed by atoms with Crippen LogP contribution in [-0.2, 0) is 17.4 Å². The molecule has 0 saturated heterocycles. The average molecular weight is 413 g/mol. The van der Waals surface area contributed by atoms with Gasteiger partial charge in [0.1, 0.15) is 0 Å². The molecule has 0 saturated carbocycles. The van der Waals surface area contributed by atoms with E-state index in [1.165, 1.54) is 24.3 Å². The Morgan fingerprint density at radius 2 is 2.00 bits per heavy atom. The predicted octanol–water partition coefficient (Wildman–Crippen LogP) is 4.64. The largest absolute Gasteiger partial charge is 0.418 e. The number of unbranched alkanes of at least 4 members (excludes halogenated alkanes) is 1. The Morgan fingerprint density at radius 1 is 1.29 bits per heavy atom. The van der Waals surface area contributed by atoms with E-state index in [1.54, 1.807) is 6.92 Å². The standard InChI is InChI=1S/C19H22F3N3O2S/c1-3-5-8-12-11-16(26)25-18(23-12)28-15(4-2)17(27)24-14-10-7-6-9-13(14)19(20,21)22/h6-7,9-11,15H,3-5,8H2,1-2H3,(H,24,27)(H,23,25,26). The van der Waals surface area contributed by atoms with Crippen molar-refractivity contribution < 1.29 is 18.0 Å². The molecule has 152 valence electrons. The van der Waals surface area contributed by atoms with Crippen molar-refractivity contribution in [1.29, 1.82) is 0 Å². The van der Waals surface area contributed by atoms with Gasteiger partial charge in [0, 0.05) is 11.8 Å². The number of nitrogens with zero attached hydrogens (tertiary/aromatic N) is 1. The van der Waals surface area contributed by atoms with Crippen LogP contribution in [0.3, 0.4) is 0 Å². The minimum atomic E-state index is -4.57. The fourth-order valence-corrected chi connectivity index (χ4v) is 3.47. The third kappa shape index (κ3) is 6.12. The maximum Gasteiger partial charge on any atom is 0.418 e. The number of nitrogens with one attached hydrogen (secondary N) is 2. The first kappa shape index (κ1) is 22.0. The molecule has 1 atom stereocenters. The van der Waals surface area contributed by atoms with Crippen LogP contribution in [-0.4, -0.2) is 21.1 Å². The van der Waals surface area contributed by atoms with Crippen LogP contribution < -0.4 is 10.9 Å². The molecule has 9 heteroatoms. The number of halogens is 3. The number of carbonyl (C=O) groups excluding carboxylic acids is 1. The number of amides is 1. The van der Waals surface area contributed by atoms with Crippen molar-refractivity contribution in [3.63, 3.8) is 0 Å². The van der Waals surface area contributed by atoms with Crippen LogP contribution in [0.1, 0.15) is 44.4 Å². The van der Waals surface area contributed by atoms with Crippen molar-refractivity contribution >= 4 is 23.4 Å². The van der Waals surface area contributed by atoms with Crippen molar-refractivity contribution in [2.24, 2.45) is 0 Å². The van der Waals surface area contributed by atoms with E-state index >= 15 is 0 Å². The van der Waals surface area contributed by atoms with Crippen LogP contribution in [0.2, 0.25) is 0 Å². The normalized spacial score (nSPS) is 12.6. The number of para-hydroxylation sites is 1. The molecule has 0 fully saturated rings. The average Bonchev–Trinajstić information content (AvgIpc) is 2.63. The van der Waals surface area contributed by atoms with Gasteiger partial charge in [0.25, 0.3) is 5.56 Å². The molecular weight excluding hydrogens is 391 g/mol. The van der Waals surface area contributed by atoms with Gasteiger partial charge in [-0.05, 0) is 31.4 Å². The summed E-state index contributed by atoms with van der Waals surface area (Å²) in [4.78, 5) is 31.3. The predicted molar refractivity (Wildman–Crippen MR) is 103 cm³/mol. The number of anilines is 1. The van der Waals surface area contributed by atoms with Gasteiger partial charge in [-0.25, -0.2) is 4.98 Å². The summed E-state index contributed by atoms with van der Waals surface area (Å²) in [7, 11) is 0. The topological polar surface area (TPSA) is 74.8 Å². The molecule has 1 aromatic carbocycles. The molecule has 28 heavy (non-hydrogen) atoms. The summed E-state index contributed by atoms with van der Waals surface area (Å²) in [5.41, 5.74) is -0.888. The van der Waals surface area contributed by atoms with E-state index in [-0.39, 0.29) is 16.4 Å². The van der Waals surface area contributed by atoms with Gasteiger partial charge in [0.05, 0.1) is 16.5 Å². The molecule has 2 aromatic rings. The van der Waals surface area contributed by atoms with E-state index in [4.69, 9.17) is 0 Å². The molecule has 0 aliphatic heterocycles. The maximum atomic E-state index is 13.1. The van der Waals surface area contributed by atoms with Gasteiger partial charge in [-0.2, -0.15) is 13.2 Å². The highest BCUT2D eigenvalue weighted by Crippen LogP contribution is 2.35. The van der Waals surface area contributed by atoms with Crippen molar-refractivity contribution in [1.82, 2.24) is 9.97 Å². The van der Waals surface area contributed by atoms with E-state index in [1.807, 2.05) is 6.92 Å². The van der Waals surface area contributed by atoms with Gasteiger partial charge in [-0.3, -0.25) is 9.59 Å². The summed E-state index contributed by atoms with van der Waals surface area (Å²) >= 11 is 1.03. The van der Waals surface area contributed by atoms with E-state index in [2.05, 4.69) is 15.3 Å². The zero-order valence-electron chi connectivity index (χ0n) is 15.6. The second-order valence-electron chi connectivity index (χ2n) is 6.19. The molecule has 2 N–H and O–H groups in total. The lowest BCUT2D eigenvalue weighted by Crippen LogP contribution is -2.26. The first-order valence-electron chi connectivity index (χ1n) is 8.98. The second kappa shape index (κ2) is 9.77. The molecule has 5 nitrogen and oxygen atoms in total. The number of aromatic nitrogens is 2. The molecule has 0 spiro atoms. The number of alkyl halides is 3. The molecule has 1 heterocycles. The maximum absolute atomic E-state index is 13.1. The number of hydrogen-bond acceptors (Lipinski definition) is 4. The van der Waals surface area contributed by atoms with E-state index in [0.29, 0.717) is 18.5 Å². The molecule has 0 aliphatic rings. The number of aromatic amines is 1. The lowest BCUT2D eigenvalue weighted by molar-refractivity contribution is -0.137. The zero-order chi connectivity index (χ0) is 20.7. The summed E-state index contributed by atoms with van der Waals surface area (Å²) in [5.74, 6) is -0.578. The number of carbonyl (C=O) groups is 1. The fraction of sp³-hybridized carbons (Fsp3) is 0.421. The quantitative estimate of drug-likeness (QED) is 0.488. The number of aryl methyl sites for hydroxylation is 1. The van der Waals surface area contributed by atoms with Crippen LogP contribution in [0.4, 0.5) is 18.9 Å². The van der Waals surface area contributed by atoms with Gasteiger partial charge in [-0.15, -0.1) is 0 Å².